The molecule has 0 aliphatic rings. The number of rotatable bonds is 7. The SMILES string of the molecule is CNS(=O)(=O)c1ccc(Sc2nc3ccccc3c(=O)n2-c2ccccc2OC)c([N+](=O)[O-])c1. The number of para-hydroxylation sites is 3. The van der Waals surface area contributed by atoms with E-state index in [9.17, 15) is 23.3 Å². The number of fused-ring (bicyclic) bond motifs is 1. The number of nitro groups is 1. The quantitative estimate of drug-likeness (QED) is 0.233. The average Bonchev–Trinajstić information content (AvgIpc) is 2.84. The van der Waals surface area contributed by atoms with E-state index in [-0.39, 0.29) is 20.5 Å². The van der Waals surface area contributed by atoms with E-state index in [4.69, 9.17) is 4.74 Å². The van der Waals surface area contributed by atoms with Crippen LogP contribution < -0.4 is 15.0 Å². The van der Waals surface area contributed by atoms with Crippen molar-refractivity contribution in [3.8, 4) is 11.4 Å². The fourth-order valence-corrected chi connectivity index (χ4v) is 5.05. The molecule has 4 aromatic rings. The molecule has 0 bridgehead atoms. The average molecular weight is 499 g/mol. The number of aromatic nitrogens is 2. The minimum Gasteiger partial charge on any atom is -0.495 e. The molecular formula is C22H18N4O6S2. The Kier molecular flexibility index (Phi) is 6.37. The third kappa shape index (κ3) is 4.25. The topological polar surface area (TPSA) is 133 Å². The van der Waals surface area contributed by atoms with Crippen LogP contribution in [0, 0.1) is 10.1 Å². The molecule has 0 aliphatic carbocycles. The highest BCUT2D eigenvalue weighted by Gasteiger charge is 2.24. The van der Waals surface area contributed by atoms with Gasteiger partial charge in [-0.05, 0) is 55.2 Å². The van der Waals surface area contributed by atoms with Gasteiger partial charge < -0.3 is 4.74 Å². The summed E-state index contributed by atoms with van der Waals surface area (Å²) in [5.41, 5.74) is 0.0101. The summed E-state index contributed by atoms with van der Waals surface area (Å²) in [6.45, 7) is 0. The molecule has 0 radical (unpaired) electrons. The lowest BCUT2D eigenvalue weighted by Crippen LogP contribution is -2.22. The molecule has 4 rings (SSSR count). The first kappa shape index (κ1) is 23.4. The molecule has 12 heteroatoms. The zero-order chi connectivity index (χ0) is 24.5. The molecule has 0 fully saturated rings. The Hall–Kier alpha value is -3.74. The van der Waals surface area contributed by atoms with Crippen molar-refractivity contribution in [3.05, 3.63) is 87.2 Å². The van der Waals surface area contributed by atoms with Gasteiger partial charge in [-0.3, -0.25) is 19.5 Å². The molecule has 0 saturated heterocycles. The first-order chi connectivity index (χ1) is 16.3. The predicted octanol–water partition coefficient (Wildman–Crippen LogP) is 3.36. The molecule has 1 N–H and O–H groups in total. The van der Waals surface area contributed by atoms with Crippen LogP contribution in [0.25, 0.3) is 16.6 Å². The molecule has 1 heterocycles. The van der Waals surface area contributed by atoms with Crippen molar-refractivity contribution < 1.29 is 18.1 Å². The van der Waals surface area contributed by atoms with Crippen LogP contribution in [0.3, 0.4) is 0 Å². The van der Waals surface area contributed by atoms with Gasteiger partial charge in [-0.1, -0.05) is 24.3 Å². The maximum absolute atomic E-state index is 13.5. The second-order valence-electron chi connectivity index (χ2n) is 6.92. The van der Waals surface area contributed by atoms with Crippen molar-refractivity contribution in [2.24, 2.45) is 0 Å². The van der Waals surface area contributed by atoms with Gasteiger partial charge in [-0.15, -0.1) is 0 Å². The first-order valence-electron chi connectivity index (χ1n) is 9.82. The Labute approximate surface area is 198 Å². The van der Waals surface area contributed by atoms with E-state index < -0.39 is 20.6 Å². The van der Waals surface area contributed by atoms with E-state index in [0.29, 0.717) is 22.3 Å². The molecule has 0 atom stereocenters. The predicted molar refractivity (Wildman–Crippen MR) is 127 cm³/mol. The maximum Gasteiger partial charge on any atom is 0.284 e. The maximum atomic E-state index is 13.5. The number of hydrogen-bond acceptors (Lipinski definition) is 8. The highest BCUT2D eigenvalue weighted by Crippen LogP contribution is 2.37. The van der Waals surface area contributed by atoms with Crippen LogP contribution in [0.5, 0.6) is 5.75 Å². The summed E-state index contributed by atoms with van der Waals surface area (Å²) >= 11 is 0.879. The third-order valence-electron chi connectivity index (χ3n) is 4.98. The fourth-order valence-electron chi connectivity index (χ4n) is 3.32. The molecule has 0 aliphatic heterocycles. The van der Waals surface area contributed by atoms with Gasteiger partial charge in [0.2, 0.25) is 10.0 Å². The lowest BCUT2D eigenvalue weighted by atomic mass is 10.2. The van der Waals surface area contributed by atoms with Gasteiger partial charge in [0.05, 0.1) is 38.4 Å². The number of sulfonamides is 1. The van der Waals surface area contributed by atoms with Crippen molar-refractivity contribution >= 4 is 38.4 Å². The fraction of sp³-hybridized carbons (Fsp3) is 0.0909. The first-order valence-corrected chi connectivity index (χ1v) is 12.1. The third-order valence-corrected chi connectivity index (χ3v) is 7.41. The van der Waals surface area contributed by atoms with Crippen LogP contribution in [-0.4, -0.2) is 37.0 Å². The number of nitro benzene ring substituents is 1. The standard InChI is InChI=1S/C22H18N4O6S2/c1-23-34(30,31)14-11-12-20(18(13-14)26(28)29)33-22-24-16-8-4-3-7-15(16)21(27)25(22)17-9-5-6-10-19(17)32-2/h3-13,23H,1-2H3. The monoisotopic (exact) mass is 498 g/mol. The Morgan fingerprint density at radius 2 is 1.79 bits per heavy atom. The van der Waals surface area contributed by atoms with E-state index in [1.807, 2.05) is 0 Å². The summed E-state index contributed by atoms with van der Waals surface area (Å²) in [7, 11) is -1.20. The number of nitrogens with one attached hydrogen (secondary N) is 1. The van der Waals surface area contributed by atoms with Gasteiger partial charge >= 0.3 is 0 Å². The van der Waals surface area contributed by atoms with Gasteiger partial charge in [0.25, 0.3) is 11.2 Å². The van der Waals surface area contributed by atoms with Crippen LogP contribution in [0.1, 0.15) is 0 Å². The van der Waals surface area contributed by atoms with E-state index in [0.717, 1.165) is 17.8 Å². The molecule has 0 unspecified atom stereocenters. The van der Waals surface area contributed by atoms with Crippen molar-refractivity contribution in [1.82, 2.24) is 14.3 Å². The van der Waals surface area contributed by atoms with Crippen molar-refractivity contribution in [2.45, 2.75) is 14.9 Å². The minimum absolute atomic E-state index is 0.117. The number of methoxy groups -OCH3 is 1. The Balaban J connectivity index is 1.97. The summed E-state index contributed by atoms with van der Waals surface area (Å²) in [6, 6.07) is 17.2. The number of nitrogens with zero attached hydrogens (tertiary/aromatic N) is 3. The van der Waals surface area contributed by atoms with E-state index in [1.54, 1.807) is 48.5 Å². The largest absolute Gasteiger partial charge is 0.495 e. The van der Waals surface area contributed by atoms with Crippen LogP contribution in [0.4, 0.5) is 5.69 Å². The lowest BCUT2D eigenvalue weighted by molar-refractivity contribution is -0.388. The van der Waals surface area contributed by atoms with Crippen molar-refractivity contribution in [2.75, 3.05) is 14.2 Å². The minimum atomic E-state index is -3.89. The summed E-state index contributed by atoms with van der Waals surface area (Å²) < 4.78 is 33.2. The molecule has 0 amide bonds. The molecule has 3 aromatic carbocycles. The Bertz CT molecular complexity index is 1580. The zero-order valence-corrected chi connectivity index (χ0v) is 19.6. The molecule has 174 valence electrons. The summed E-state index contributed by atoms with van der Waals surface area (Å²) in [5.74, 6) is 0.411. The second-order valence-corrected chi connectivity index (χ2v) is 9.82. The second kappa shape index (κ2) is 9.25. The van der Waals surface area contributed by atoms with Crippen molar-refractivity contribution in [1.29, 1.82) is 0 Å². The number of hydrogen-bond donors (Lipinski definition) is 1. The van der Waals surface area contributed by atoms with E-state index >= 15 is 0 Å². The summed E-state index contributed by atoms with van der Waals surface area (Å²) in [6.07, 6.45) is 0. The van der Waals surface area contributed by atoms with Gasteiger partial charge in [0.15, 0.2) is 5.16 Å². The van der Waals surface area contributed by atoms with E-state index in [1.165, 1.54) is 30.9 Å². The highest BCUT2D eigenvalue weighted by molar-refractivity contribution is 7.99. The van der Waals surface area contributed by atoms with Crippen LogP contribution in [-0.2, 0) is 10.0 Å². The lowest BCUT2D eigenvalue weighted by Gasteiger charge is -2.16. The van der Waals surface area contributed by atoms with Gasteiger partial charge in [-0.2, -0.15) is 0 Å². The molecule has 1 aromatic heterocycles. The summed E-state index contributed by atoms with van der Waals surface area (Å²) in [5, 5.41) is 12.3. The molecule has 0 spiro atoms. The zero-order valence-electron chi connectivity index (χ0n) is 18.0. The Morgan fingerprint density at radius 1 is 1.09 bits per heavy atom. The highest BCUT2D eigenvalue weighted by atomic mass is 32.2. The van der Waals surface area contributed by atoms with Crippen LogP contribution >= 0.6 is 11.8 Å². The van der Waals surface area contributed by atoms with Gasteiger partial charge in [0, 0.05) is 6.07 Å². The molecule has 10 nitrogen and oxygen atoms in total. The molecule has 0 saturated carbocycles. The van der Waals surface area contributed by atoms with Crippen LogP contribution in [0.2, 0.25) is 0 Å². The smallest absolute Gasteiger partial charge is 0.284 e. The van der Waals surface area contributed by atoms with Crippen molar-refractivity contribution in [3.63, 3.8) is 0 Å². The summed E-state index contributed by atoms with van der Waals surface area (Å²) in [4.78, 5) is 29.0. The van der Waals surface area contributed by atoms with Crippen LogP contribution in [0.15, 0.2) is 86.5 Å². The van der Waals surface area contributed by atoms with Gasteiger partial charge in [0.1, 0.15) is 5.75 Å². The number of benzene rings is 3. The van der Waals surface area contributed by atoms with Gasteiger partial charge in [-0.25, -0.2) is 18.1 Å². The normalized spacial score (nSPS) is 11.5. The Morgan fingerprint density at radius 3 is 2.50 bits per heavy atom. The molecular weight excluding hydrogens is 480 g/mol. The van der Waals surface area contributed by atoms with E-state index in [2.05, 4.69) is 9.71 Å². The molecule has 34 heavy (non-hydrogen) atoms. The number of ether oxygens (including phenoxy) is 1.